The lowest BCUT2D eigenvalue weighted by Gasteiger charge is -2.17. The molecule has 4 aromatic rings. The van der Waals surface area contributed by atoms with Crippen molar-refractivity contribution in [1.29, 1.82) is 0 Å². The molecule has 1 heterocycles. The van der Waals surface area contributed by atoms with Crippen LogP contribution < -0.4 is 4.80 Å². The first-order valence-electron chi connectivity index (χ1n) is 10.8. The lowest BCUT2D eigenvalue weighted by Crippen LogP contribution is -2.26. The van der Waals surface area contributed by atoms with E-state index in [4.69, 9.17) is 0 Å². The van der Waals surface area contributed by atoms with E-state index in [0.29, 0.717) is 21.6 Å². The maximum absolute atomic E-state index is 13.0. The molecule has 9 nitrogen and oxygen atoms in total. The summed E-state index contributed by atoms with van der Waals surface area (Å²) in [5.41, 5.74) is 1.71. The molecule has 0 bridgehead atoms. The van der Waals surface area contributed by atoms with Crippen LogP contribution in [0.3, 0.4) is 0 Å². The van der Waals surface area contributed by atoms with Crippen LogP contribution in [-0.4, -0.2) is 35.2 Å². The molecular weight excluding hydrogens is 500 g/mol. The van der Waals surface area contributed by atoms with Crippen molar-refractivity contribution in [3.8, 4) is 0 Å². The molecule has 36 heavy (non-hydrogen) atoms. The van der Waals surface area contributed by atoms with Crippen molar-refractivity contribution in [2.75, 3.05) is 7.05 Å². The van der Waals surface area contributed by atoms with Gasteiger partial charge in [0.15, 0.2) is 4.80 Å². The Labute approximate surface area is 211 Å². The molecule has 1 amide bonds. The summed E-state index contributed by atoms with van der Waals surface area (Å²) < 4.78 is 29.5. The number of nitrogens with zero attached hydrogens (tertiary/aromatic N) is 4. The zero-order valence-corrected chi connectivity index (χ0v) is 20.9. The summed E-state index contributed by atoms with van der Waals surface area (Å²) in [6, 6.07) is 19.3. The Morgan fingerprint density at radius 2 is 1.83 bits per heavy atom. The minimum atomic E-state index is -3.76. The van der Waals surface area contributed by atoms with E-state index >= 15 is 0 Å². The summed E-state index contributed by atoms with van der Waals surface area (Å²) in [5, 5.41) is 11.1. The Balaban J connectivity index is 1.62. The first-order chi connectivity index (χ1) is 17.2. The predicted molar refractivity (Wildman–Crippen MR) is 138 cm³/mol. The van der Waals surface area contributed by atoms with Gasteiger partial charge in [0.05, 0.1) is 20.0 Å². The number of carbonyl (C=O) groups is 1. The van der Waals surface area contributed by atoms with Crippen molar-refractivity contribution < 1.29 is 18.1 Å². The summed E-state index contributed by atoms with van der Waals surface area (Å²) in [5.74, 6) is -0.560. The molecule has 0 aliphatic carbocycles. The Kier molecular flexibility index (Phi) is 7.25. The van der Waals surface area contributed by atoms with Crippen LogP contribution in [0.2, 0.25) is 0 Å². The summed E-state index contributed by atoms with van der Waals surface area (Å²) in [7, 11) is -2.26. The van der Waals surface area contributed by atoms with Gasteiger partial charge in [-0.1, -0.05) is 47.7 Å². The SMILES string of the molecule is C=CCn1c(=NC(=O)c2ccc(S(=O)(=O)N(C)Cc3ccccc3)cc2)sc2cc([N+](=O)[O-])ccc21. The molecule has 1 aromatic heterocycles. The summed E-state index contributed by atoms with van der Waals surface area (Å²) >= 11 is 1.15. The summed E-state index contributed by atoms with van der Waals surface area (Å²) in [4.78, 5) is 28.2. The number of benzene rings is 3. The Bertz CT molecular complexity index is 1620. The number of rotatable bonds is 8. The fourth-order valence-electron chi connectivity index (χ4n) is 3.59. The fraction of sp³-hybridized carbons (Fsp3) is 0.120. The van der Waals surface area contributed by atoms with Gasteiger partial charge in [0, 0.05) is 37.8 Å². The van der Waals surface area contributed by atoms with Crippen molar-refractivity contribution in [3.63, 3.8) is 0 Å². The third-order valence-corrected chi connectivity index (χ3v) is 8.30. The van der Waals surface area contributed by atoms with Gasteiger partial charge >= 0.3 is 0 Å². The maximum Gasteiger partial charge on any atom is 0.279 e. The molecule has 0 atom stereocenters. The number of allylic oxidation sites excluding steroid dienone is 1. The number of thiazole rings is 1. The van der Waals surface area contributed by atoms with Crippen LogP contribution in [0.4, 0.5) is 5.69 Å². The number of carbonyl (C=O) groups excluding carboxylic acids is 1. The van der Waals surface area contributed by atoms with Gasteiger partial charge in [-0.25, -0.2) is 8.42 Å². The van der Waals surface area contributed by atoms with Crippen LogP contribution in [-0.2, 0) is 23.1 Å². The van der Waals surface area contributed by atoms with Crippen LogP contribution in [0.25, 0.3) is 10.2 Å². The van der Waals surface area contributed by atoms with Gasteiger partial charge in [-0.2, -0.15) is 9.30 Å². The highest BCUT2D eigenvalue weighted by Crippen LogP contribution is 2.23. The molecule has 0 spiro atoms. The molecule has 0 saturated carbocycles. The van der Waals surface area contributed by atoms with Crippen molar-refractivity contribution in [1.82, 2.24) is 8.87 Å². The number of hydrogen-bond donors (Lipinski definition) is 0. The van der Waals surface area contributed by atoms with Gasteiger partial charge < -0.3 is 4.57 Å². The number of aromatic nitrogens is 1. The fourth-order valence-corrected chi connectivity index (χ4v) is 5.82. The number of fused-ring (bicyclic) bond motifs is 1. The van der Waals surface area contributed by atoms with E-state index in [9.17, 15) is 23.3 Å². The second-order valence-corrected chi connectivity index (χ2v) is 10.9. The molecule has 4 rings (SSSR count). The molecule has 0 unspecified atom stereocenters. The topological polar surface area (TPSA) is 115 Å². The average Bonchev–Trinajstić information content (AvgIpc) is 3.20. The molecule has 184 valence electrons. The van der Waals surface area contributed by atoms with E-state index in [1.807, 2.05) is 30.3 Å². The van der Waals surface area contributed by atoms with Crippen molar-refractivity contribution >= 4 is 43.2 Å². The first-order valence-corrected chi connectivity index (χ1v) is 13.0. The number of hydrogen-bond acceptors (Lipinski definition) is 6. The van der Waals surface area contributed by atoms with Gasteiger partial charge in [0.1, 0.15) is 0 Å². The molecule has 0 saturated heterocycles. The summed E-state index contributed by atoms with van der Waals surface area (Å²) in [6.45, 7) is 4.30. The zero-order chi connectivity index (χ0) is 25.9. The van der Waals surface area contributed by atoms with E-state index in [1.165, 1.54) is 47.8 Å². The van der Waals surface area contributed by atoms with Crippen LogP contribution >= 0.6 is 11.3 Å². The smallest absolute Gasteiger partial charge is 0.279 e. The second kappa shape index (κ2) is 10.4. The van der Waals surface area contributed by atoms with Gasteiger partial charge in [0.2, 0.25) is 10.0 Å². The lowest BCUT2D eigenvalue weighted by atomic mass is 10.2. The molecule has 0 fully saturated rings. The molecule has 0 aliphatic rings. The van der Waals surface area contributed by atoms with E-state index in [-0.39, 0.29) is 22.7 Å². The zero-order valence-electron chi connectivity index (χ0n) is 19.3. The predicted octanol–water partition coefficient (Wildman–Crippen LogP) is 4.36. The number of nitro groups is 1. The molecule has 11 heteroatoms. The van der Waals surface area contributed by atoms with Gasteiger partial charge in [-0.15, -0.1) is 6.58 Å². The summed E-state index contributed by atoms with van der Waals surface area (Å²) in [6.07, 6.45) is 1.64. The van der Waals surface area contributed by atoms with Crippen LogP contribution in [0.5, 0.6) is 0 Å². The Morgan fingerprint density at radius 1 is 1.14 bits per heavy atom. The number of amides is 1. The monoisotopic (exact) mass is 522 g/mol. The lowest BCUT2D eigenvalue weighted by molar-refractivity contribution is -0.384. The molecular formula is C25H22N4O5S2. The van der Waals surface area contributed by atoms with Crippen LogP contribution in [0, 0.1) is 10.1 Å². The standard InChI is InChI=1S/C25H22N4O5S2/c1-3-15-28-22-14-11-20(29(31)32)16-23(22)35-25(28)26-24(30)19-9-12-21(13-10-19)36(33,34)27(2)17-18-7-5-4-6-8-18/h3-14,16H,1,15,17H2,2H3. The minimum Gasteiger partial charge on any atom is -0.312 e. The average molecular weight is 523 g/mol. The third-order valence-electron chi connectivity index (χ3n) is 5.44. The number of nitro benzene ring substituents is 1. The van der Waals surface area contributed by atoms with E-state index in [1.54, 1.807) is 16.7 Å². The van der Waals surface area contributed by atoms with Gasteiger partial charge in [0.25, 0.3) is 11.6 Å². The molecule has 0 aliphatic heterocycles. The molecule has 0 radical (unpaired) electrons. The van der Waals surface area contributed by atoms with Crippen molar-refractivity contribution in [2.45, 2.75) is 18.0 Å². The Morgan fingerprint density at radius 3 is 2.47 bits per heavy atom. The van der Waals surface area contributed by atoms with E-state index in [0.717, 1.165) is 16.9 Å². The highest BCUT2D eigenvalue weighted by molar-refractivity contribution is 7.89. The Hall–Kier alpha value is -3.93. The normalized spacial score (nSPS) is 12.2. The van der Waals surface area contributed by atoms with E-state index in [2.05, 4.69) is 11.6 Å². The minimum absolute atomic E-state index is 0.0543. The number of sulfonamides is 1. The van der Waals surface area contributed by atoms with Crippen LogP contribution in [0.1, 0.15) is 15.9 Å². The van der Waals surface area contributed by atoms with Gasteiger partial charge in [-0.3, -0.25) is 14.9 Å². The maximum atomic E-state index is 13.0. The molecule has 0 N–H and O–H groups in total. The highest BCUT2D eigenvalue weighted by atomic mass is 32.2. The molecule has 3 aromatic carbocycles. The quantitative estimate of drug-likeness (QED) is 0.194. The highest BCUT2D eigenvalue weighted by Gasteiger charge is 2.21. The second-order valence-electron chi connectivity index (χ2n) is 7.88. The van der Waals surface area contributed by atoms with E-state index < -0.39 is 20.9 Å². The largest absolute Gasteiger partial charge is 0.312 e. The van der Waals surface area contributed by atoms with Crippen molar-refractivity contribution in [3.05, 3.63) is 111 Å². The van der Waals surface area contributed by atoms with Crippen LogP contribution in [0.15, 0.2) is 95.3 Å². The van der Waals surface area contributed by atoms with Crippen molar-refractivity contribution in [2.24, 2.45) is 4.99 Å². The first kappa shape index (κ1) is 25.2. The third kappa shape index (κ3) is 5.18. The van der Waals surface area contributed by atoms with Gasteiger partial charge in [-0.05, 0) is 35.9 Å². The number of non-ortho nitro benzene ring substituents is 1.